The van der Waals surface area contributed by atoms with Crippen LogP contribution >= 0.6 is 0 Å². The molecule has 0 aliphatic heterocycles. The molecule has 1 atom stereocenters. The van der Waals surface area contributed by atoms with E-state index in [2.05, 4.69) is 4.98 Å². The fourth-order valence-electron chi connectivity index (χ4n) is 1.69. The van der Waals surface area contributed by atoms with Crippen LogP contribution in [-0.2, 0) is 7.05 Å². The van der Waals surface area contributed by atoms with Gasteiger partial charge >= 0.3 is 0 Å². The van der Waals surface area contributed by atoms with Gasteiger partial charge in [-0.2, -0.15) is 0 Å². The molecule has 0 spiro atoms. The molecule has 0 amide bonds. The van der Waals surface area contributed by atoms with E-state index in [1.165, 1.54) is 0 Å². The minimum Gasteiger partial charge on any atom is -0.386 e. The van der Waals surface area contributed by atoms with Gasteiger partial charge in [-0.3, -0.25) is 0 Å². The van der Waals surface area contributed by atoms with Crippen LogP contribution in [-0.4, -0.2) is 21.2 Å². The Labute approximate surface area is 77.4 Å². The second-order valence-corrected chi connectivity index (χ2v) is 3.90. The van der Waals surface area contributed by atoms with Crippen LogP contribution in [0.4, 0.5) is 0 Å². The van der Waals surface area contributed by atoms with Crippen molar-refractivity contribution in [3.8, 4) is 0 Å². The van der Waals surface area contributed by atoms with Gasteiger partial charge in [0, 0.05) is 19.0 Å². The first-order valence-electron chi connectivity index (χ1n) is 4.54. The van der Waals surface area contributed by atoms with Gasteiger partial charge in [-0.1, -0.05) is 0 Å². The van der Waals surface area contributed by atoms with E-state index in [0.717, 1.165) is 18.5 Å². The van der Waals surface area contributed by atoms with Crippen molar-refractivity contribution in [1.29, 1.82) is 0 Å². The van der Waals surface area contributed by atoms with E-state index in [-0.39, 0.29) is 5.41 Å². The van der Waals surface area contributed by atoms with Crippen LogP contribution in [0, 0.1) is 5.41 Å². The maximum atomic E-state index is 10.0. The Balaban J connectivity index is 2.22. The fraction of sp³-hybridized carbons (Fsp3) is 0.667. The van der Waals surface area contributed by atoms with Gasteiger partial charge in [0.1, 0.15) is 6.10 Å². The molecule has 1 aromatic heterocycles. The van der Waals surface area contributed by atoms with Crippen LogP contribution in [0.2, 0.25) is 0 Å². The highest BCUT2D eigenvalue weighted by atomic mass is 16.3. The van der Waals surface area contributed by atoms with Crippen LogP contribution in [0.1, 0.15) is 24.6 Å². The van der Waals surface area contributed by atoms with Crippen LogP contribution in [0.5, 0.6) is 0 Å². The molecule has 2 rings (SSSR count). The summed E-state index contributed by atoms with van der Waals surface area (Å²) in [7, 11) is 1.89. The Kier molecular flexibility index (Phi) is 1.89. The average molecular weight is 181 g/mol. The Morgan fingerprint density at radius 3 is 2.85 bits per heavy atom. The number of aromatic nitrogens is 2. The number of nitrogens with zero attached hydrogens (tertiary/aromatic N) is 2. The summed E-state index contributed by atoms with van der Waals surface area (Å²) in [5, 5.41) is 10.0. The molecule has 1 aromatic rings. The summed E-state index contributed by atoms with van der Waals surface area (Å²) in [4.78, 5) is 3.98. The number of hydrogen-bond donors (Lipinski definition) is 2. The minimum absolute atomic E-state index is 0.0617. The molecule has 0 radical (unpaired) electrons. The molecule has 13 heavy (non-hydrogen) atoms. The van der Waals surface area contributed by atoms with Crippen molar-refractivity contribution >= 4 is 0 Å². The predicted octanol–water partition coefficient (Wildman–Crippen LogP) is 0.192. The van der Waals surface area contributed by atoms with Crippen LogP contribution in [0.3, 0.4) is 0 Å². The molecule has 0 aromatic carbocycles. The summed E-state index contributed by atoms with van der Waals surface area (Å²) in [6.45, 7) is 0.555. The Morgan fingerprint density at radius 1 is 1.77 bits per heavy atom. The van der Waals surface area contributed by atoms with E-state index in [4.69, 9.17) is 5.73 Å². The van der Waals surface area contributed by atoms with Crippen molar-refractivity contribution in [2.24, 2.45) is 18.2 Å². The largest absolute Gasteiger partial charge is 0.386 e. The standard InChI is InChI=1S/C9H15N3O/c1-12-6-11-4-7(12)8(13)9(5-10)2-3-9/h4,6,8,13H,2-3,5,10H2,1H3. The zero-order valence-corrected chi connectivity index (χ0v) is 7.77. The van der Waals surface area contributed by atoms with Crippen molar-refractivity contribution in [1.82, 2.24) is 9.55 Å². The van der Waals surface area contributed by atoms with Gasteiger partial charge < -0.3 is 15.4 Å². The Bertz CT molecular complexity index is 304. The van der Waals surface area contributed by atoms with E-state index in [0.29, 0.717) is 6.54 Å². The molecular weight excluding hydrogens is 166 g/mol. The Morgan fingerprint density at radius 2 is 2.46 bits per heavy atom. The third-order valence-electron chi connectivity index (χ3n) is 3.01. The predicted molar refractivity (Wildman–Crippen MR) is 48.9 cm³/mol. The lowest BCUT2D eigenvalue weighted by Gasteiger charge is -2.20. The third-order valence-corrected chi connectivity index (χ3v) is 3.01. The van der Waals surface area contributed by atoms with Crippen LogP contribution in [0.25, 0.3) is 0 Å². The van der Waals surface area contributed by atoms with E-state index >= 15 is 0 Å². The van der Waals surface area contributed by atoms with Gasteiger partial charge in [0.25, 0.3) is 0 Å². The highest BCUT2D eigenvalue weighted by Crippen LogP contribution is 2.53. The van der Waals surface area contributed by atoms with Crippen molar-refractivity contribution in [3.05, 3.63) is 18.2 Å². The number of nitrogens with two attached hydrogens (primary N) is 1. The third kappa shape index (κ3) is 1.26. The van der Waals surface area contributed by atoms with Crippen molar-refractivity contribution in [2.45, 2.75) is 18.9 Å². The molecular formula is C9H15N3O. The maximum Gasteiger partial charge on any atom is 0.102 e. The van der Waals surface area contributed by atoms with Crippen LogP contribution < -0.4 is 5.73 Å². The summed E-state index contributed by atoms with van der Waals surface area (Å²) in [6.07, 6.45) is 5.00. The quantitative estimate of drug-likeness (QED) is 0.699. The summed E-state index contributed by atoms with van der Waals surface area (Å²) < 4.78 is 1.85. The van der Waals surface area contributed by atoms with Gasteiger partial charge in [-0.25, -0.2) is 4.98 Å². The smallest absolute Gasteiger partial charge is 0.102 e. The van der Waals surface area contributed by atoms with Gasteiger partial charge in [-0.15, -0.1) is 0 Å². The summed E-state index contributed by atoms with van der Waals surface area (Å²) in [5.41, 5.74) is 6.44. The molecule has 1 saturated carbocycles. The minimum atomic E-state index is -0.454. The molecule has 72 valence electrons. The van der Waals surface area contributed by atoms with E-state index < -0.39 is 6.10 Å². The molecule has 4 nitrogen and oxygen atoms in total. The SMILES string of the molecule is Cn1cncc1C(O)C1(CN)CC1. The van der Waals surface area contributed by atoms with E-state index in [1.54, 1.807) is 12.5 Å². The molecule has 3 N–H and O–H groups in total. The van der Waals surface area contributed by atoms with Gasteiger partial charge in [0.15, 0.2) is 0 Å². The summed E-state index contributed by atoms with van der Waals surface area (Å²) in [5.74, 6) is 0. The molecule has 1 heterocycles. The lowest BCUT2D eigenvalue weighted by atomic mass is 9.97. The molecule has 1 aliphatic carbocycles. The second kappa shape index (κ2) is 2.82. The first-order chi connectivity index (χ1) is 6.19. The molecule has 4 heteroatoms. The Hall–Kier alpha value is -0.870. The molecule has 1 aliphatic rings. The highest BCUT2D eigenvalue weighted by Gasteiger charge is 2.49. The second-order valence-electron chi connectivity index (χ2n) is 3.90. The van der Waals surface area contributed by atoms with E-state index in [1.807, 2.05) is 11.6 Å². The zero-order chi connectivity index (χ0) is 9.47. The first kappa shape index (κ1) is 8.72. The number of aliphatic hydroxyl groups excluding tert-OH is 1. The van der Waals surface area contributed by atoms with E-state index in [9.17, 15) is 5.11 Å². The monoisotopic (exact) mass is 181 g/mol. The van der Waals surface area contributed by atoms with Crippen LogP contribution in [0.15, 0.2) is 12.5 Å². The van der Waals surface area contributed by atoms with Gasteiger partial charge in [0.05, 0.1) is 18.2 Å². The number of rotatable bonds is 3. The number of hydrogen-bond acceptors (Lipinski definition) is 3. The van der Waals surface area contributed by atoms with Crippen molar-refractivity contribution in [2.75, 3.05) is 6.54 Å². The average Bonchev–Trinajstić information content (AvgIpc) is 2.83. The van der Waals surface area contributed by atoms with Gasteiger partial charge in [-0.05, 0) is 12.8 Å². The van der Waals surface area contributed by atoms with Crippen molar-refractivity contribution in [3.63, 3.8) is 0 Å². The number of imidazole rings is 1. The lowest BCUT2D eigenvalue weighted by molar-refractivity contribution is 0.0906. The normalized spacial score (nSPS) is 21.5. The summed E-state index contributed by atoms with van der Waals surface area (Å²) in [6, 6.07) is 0. The number of aryl methyl sites for hydroxylation is 1. The van der Waals surface area contributed by atoms with Gasteiger partial charge in [0.2, 0.25) is 0 Å². The lowest BCUT2D eigenvalue weighted by Crippen LogP contribution is -2.24. The first-order valence-corrected chi connectivity index (χ1v) is 4.54. The fourth-order valence-corrected chi connectivity index (χ4v) is 1.69. The van der Waals surface area contributed by atoms with Crippen molar-refractivity contribution < 1.29 is 5.11 Å². The number of aliphatic hydroxyl groups is 1. The highest BCUT2D eigenvalue weighted by molar-refractivity contribution is 5.13. The molecule has 1 fully saturated rings. The molecule has 0 saturated heterocycles. The summed E-state index contributed by atoms with van der Waals surface area (Å²) >= 11 is 0. The molecule has 0 bridgehead atoms. The topological polar surface area (TPSA) is 64.1 Å². The zero-order valence-electron chi connectivity index (χ0n) is 7.77. The molecule has 1 unspecified atom stereocenters. The maximum absolute atomic E-state index is 10.0.